The fourth-order valence-corrected chi connectivity index (χ4v) is 3.09. The number of aromatic nitrogens is 2. The van der Waals surface area contributed by atoms with Crippen molar-refractivity contribution in [2.75, 3.05) is 7.11 Å². The van der Waals surface area contributed by atoms with Crippen LogP contribution in [0.1, 0.15) is 13.3 Å². The monoisotopic (exact) mass is 294 g/mol. The van der Waals surface area contributed by atoms with E-state index in [4.69, 9.17) is 4.74 Å². The fourth-order valence-electron chi connectivity index (χ4n) is 1.51. The standard InChI is InChI=1S/C13H14N2O2S2/c1-3-10(13(16)17-2)19-12-7-6-9(14-15-12)11-5-4-8-18-11/h4-8,10H,3H2,1-2H3/t10-/m0/s1. The summed E-state index contributed by atoms with van der Waals surface area (Å²) < 4.78 is 4.75. The van der Waals surface area contributed by atoms with Crippen molar-refractivity contribution in [1.29, 1.82) is 0 Å². The molecule has 0 amide bonds. The summed E-state index contributed by atoms with van der Waals surface area (Å²) in [6, 6.07) is 7.79. The second-order valence-corrected chi connectivity index (χ2v) is 5.94. The number of esters is 1. The highest BCUT2D eigenvalue weighted by atomic mass is 32.2. The molecule has 2 aromatic rings. The lowest BCUT2D eigenvalue weighted by Crippen LogP contribution is -2.17. The Bertz CT molecular complexity index is 526. The topological polar surface area (TPSA) is 52.1 Å². The van der Waals surface area contributed by atoms with E-state index >= 15 is 0 Å². The van der Waals surface area contributed by atoms with Crippen molar-refractivity contribution in [2.24, 2.45) is 0 Å². The Balaban J connectivity index is 2.08. The van der Waals surface area contributed by atoms with Gasteiger partial charge in [0.2, 0.25) is 0 Å². The quantitative estimate of drug-likeness (QED) is 0.626. The molecule has 6 heteroatoms. The van der Waals surface area contributed by atoms with Gasteiger partial charge in [-0.1, -0.05) is 24.8 Å². The van der Waals surface area contributed by atoms with E-state index in [9.17, 15) is 4.79 Å². The molecule has 0 unspecified atom stereocenters. The van der Waals surface area contributed by atoms with Crippen LogP contribution in [-0.2, 0) is 9.53 Å². The molecule has 19 heavy (non-hydrogen) atoms. The van der Waals surface area contributed by atoms with Crippen LogP contribution < -0.4 is 0 Å². The van der Waals surface area contributed by atoms with Gasteiger partial charge < -0.3 is 4.74 Å². The maximum Gasteiger partial charge on any atom is 0.319 e. The van der Waals surface area contributed by atoms with Gasteiger partial charge in [0.05, 0.1) is 12.0 Å². The van der Waals surface area contributed by atoms with E-state index in [0.717, 1.165) is 15.6 Å². The van der Waals surface area contributed by atoms with Crippen LogP contribution in [0.15, 0.2) is 34.7 Å². The first kappa shape index (κ1) is 14.0. The average molecular weight is 294 g/mol. The van der Waals surface area contributed by atoms with Gasteiger partial charge in [-0.25, -0.2) is 0 Å². The number of thiophene rings is 1. The van der Waals surface area contributed by atoms with Gasteiger partial charge in [0.15, 0.2) is 0 Å². The maximum atomic E-state index is 11.5. The van der Waals surface area contributed by atoms with Gasteiger partial charge in [-0.15, -0.1) is 21.5 Å². The minimum absolute atomic E-state index is 0.225. The van der Waals surface area contributed by atoms with Gasteiger partial charge in [0, 0.05) is 0 Å². The van der Waals surface area contributed by atoms with Crippen molar-refractivity contribution in [3.8, 4) is 10.6 Å². The molecule has 0 fully saturated rings. The Morgan fingerprint density at radius 1 is 1.42 bits per heavy atom. The summed E-state index contributed by atoms with van der Waals surface area (Å²) in [6.45, 7) is 1.95. The number of thioether (sulfide) groups is 1. The number of nitrogens with zero attached hydrogens (tertiary/aromatic N) is 2. The molecule has 2 aromatic heterocycles. The molecule has 0 radical (unpaired) electrons. The molecule has 0 bridgehead atoms. The number of hydrogen-bond donors (Lipinski definition) is 0. The lowest BCUT2D eigenvalue weighted by atomic mass is 10.3. The van der Waals surface area contributed by atoms with E-state index < -0.39 is 0 Å². The lowest BCUT2D eigenvalue weighted by Gasteiger charge is -2.10. The molecular formula is C13H14N2O2S2. The van der Waals surface area contributed by atoms with E-state index in [-0.39, 0.29) is 11.2 Å². The van der Waals surface area contributed by atoms with Gasteiger partial charge in [-0.05, 0) is 30.0 Å². The molecular weight excluding hydrogens is 280 g/mol. The fraction of sp³-hybridized carbons (Fsp3) is 0.308. The van der Waals surface area contributed by atoms with E-state index in [1.54, 1.807) is 11.3 Å². The molecule has 0 N–H and O–H groups in total. The number of rotatable bonds is 5. The van der Waals surface area contributed by atoms with Gasteiger partial charge in [0.1, 0.15) is 16.0 Å². The van der Waals surface area contributed by atoms with Crippen molar-refractivity contribution >= 4 is 29.1 Å². The van der Waals surface area contributed by atoms with Crippen LogP contribution in [0.3, 0.4) is 0 Å². The molecule has 0 saturated carbocycles. The average Bonchev–Trinajstić information content (AvgIpc) is 2.98. The van der Waals surface area contributed by atoms with Crippen molar-refractivity contribution in [3.63, 3.8) is 0 Å². The SMILES string of the molecule is CC[C@H](Sc1ccc(-c2cccs2)nn1)C(=O)OC. The summed E-state index contributed by atoms with van der Waals surface area (Å²) >= 11 is 3.01. The van der Waals surface area contributed by atoms with Crippen LogP contribution in [0.4, 0.5) is 0 Å². The summed E-state index contributed by atoms with van der Waals surface area (Å²) in [4.78, 5) is 12.6. The van der Waals surface area contributed by atoms with Crippen molar-refractivity contribution in [3.05, 3.63) is 29.6 Å². The summed E-state index contributed by atoms with van der Waals surface area (Å²) in [5.74, 6) is -0.225. The summed E-state index contributed by atoms with van der Waals surface area (Å²) in [7, 11) is 1.40. The molecule has 0 aliphatic carbocycles. The summed E-state index contributed by atoms with van der Waals surface area (Å²) in [6.07, 6.45) is 0.700. The van der Waals surface area contributed by atoms with E-state index in [1.165, 1.54) is 18.9 Å². The van der Waals surface area contributed by atoms with Gasteiger partial charge >= 0.3 is 5.97 Å². The highest BCUT2D eigenvalue weighted by Gasteiger charge is 2.19. The Kier molecular flexibility index (Phi) is 4.93. The Morgan fingerprint density at radius 3 is 2.79 bits per heavy atom. The van der Waals surface area contributed by atoms with E-state index in [0.29, 0.717) is 6.42 Å². The van der Waals surface area contributed by atoms with Crippen molar-refractivity contribution in [1.82, 2.24) is 10.2 Å². The molecule has 2 heterocycles. The van der Waals surface area contributed by atoms with Gasteiger partial charge in [0.25, 0.3) is 0 Å². The third-order valence-electron chi connectivity index (χ3n) is 2.51. The molecule has 4 nitrogen and oxygen atoms in total. The summed E-state index contributed by atoms with van der Waals surface area (Å²) in [5, 5.41) is 10.8. The predicted molar refractivity (Wildman–Crippen MR) is 77.3 cm³/mol. The first-order valence-corrected chi connectivity index (χ1v) is 7.62. The molecule has 100 valence electrons. The second-order valence-electron chi connectivity index (χ2n) is 3.77. The molecule has 0 saturated heterocycles. The number of carbonyl (C=O) groups is 1. The molecule has 1 atom stereocenters. The molecule has 0 spiro atoms. The number of methoxy groups -OCH3 is 1. The second kappa shape index (κ2) is 6.68. The van der Waals surface area contributed by atoms with E-state index in [1.807, 2.05) is 36.6 Å². The van der Waals surface area contributed by atoms with Crippen LogP contribution in [0.5, 0.6) is 0 Å². The number of carbonyl (C=O) groups excluding carboxylic acids is 1. The van der Waals surface area contributed by atoms with Crippen molar-refractivity contribution in [2.45, 2.75) is 23.6 Å². The van der Waals surface area contributed by atoms with Crippen LogP contribution >= 0.6 is 23.1 Å². The third-order valence-corrected chi connectivity index (χ3v) is 4.67. The molecule has 0 aromatic carbocycles. The van der Waals surface area contributed by atoms with Crippen LogP contribution in [-0.4, -0.2) is 28.5 Å². The zero-order valence-electron chi connectivity index (χ0n) is 10.7. The normalized spacial score (nSPS) is 12.1. The molecule has 0 aliphatic heterocycles. The largest absolute Gasteiger partial charge is 0.468 e. The number of ether oxygens (including phenoxy) is 1. The van der Waals surface area contributed by atoms with Crippen LogP contribution in [0.25, 0.3) is 10.6 Å². The minimum Gasteiger partial charge on any atom is -0.468 e. The Morgan fingerprint density at radius 2 is 2.26 bits per heavy atom. The molecule has 0 aliphatic rings. The first-order valence-electron chi connectivity index (χ1n) is 5.86. The van der Waals surface area contributed by atoms with Crippen LogP contribution in [0.2, 0.25) is 0 Å². The number of hydrogen-bond acceptors (Lipinski definition) is 6. The highest BCUT2D eigenvalue weighted by molar-refractivity contribution is 8.00. The van der Waals surface area contributed by atoms with Crippen molar-refractivity contribution < 1.29 is 9.53 Å². The third kappa shape index (κ3) is 3.54. The zero-order chi connectivity index (χ0) is 13.7. The molecule has 2 rings (SSSR count). The van der Waals surface area contributed by atoms with Gasteiger partial charge in [-0.3, -0.25) is 4.79 Å². The summed E-state index contributed by atoms with van der Waals surface area (Å²) in [5.41, 5.74) is 0.852. The van der Waals surface area contributed by atoms with Gasteiger partial charge in [-0.2, -0.15) is 0 Å². The van der Waals surface area contributed by atoms with E-state index in [2.05, 4.69) is 10.2 Å². The predicted octanol–water partition coefficient (Wildman–Crippen LogP) is 3.25. The Labute approximate surface area is 120 Å². The zero-order valence-corrected chi connectivity index (χ0v) is 12.3. The van der Waals surface area contributed by atoms with Crippen LogP contribution in [0, 0.1) is 0 Å². The maximum absolute atomic E-state index is 11.5. The Hall–Kier alpha value is -1.40. The first-order chi connectivity index (χ1) is 9.24. The minimum atomic E-state index is -0.230. The smallest absolute Gasteiger partial charge is 0.319 e. The highest BCUT2D eigenvalue weighted by Crippen LogP contribution is 2.27. The lowest BCUT2D eigenvalue weighted by molar-refractivity contribution is -0.140.